The van der Waals surface area contributed by atoms with Crippen molar-refractivity contribution >= 4 is 29.1 Å². The van der Waals surface area contributed by atoms with Gasteiger partial charge in [0.15, 0.2) is 17.2 Å². The number of benzene rings is 1. The van der Waals surface area contributed by atoms with Gasteiger partial charge in [0.05, 0.1) is 23.3 Å². The molecule has 0 spiro atoms. The van der Waals surface area contributed by atoms with Gasteiger partial charge in [0, 0.05) is 25.2 Å². The number of anilines is 1. The highest BCUT2D eigenvalue weighted by atomic mass is 16.4. The van der Waals surface area contributed by atoms with Crippen molar-refractivity contribution in [1.82, 2.24) is 0 Å². The molecule has 0 bridgehead atoms. The molecule has 0 aliphatic heterocycles. The van der Waals surface area contributed by atoms with E-state index in [4.69, 9.17) is 5.73 Å². The van der Waals surface area contributed by atoms with E-state index in [0.717, 1.165) is 0 Å². The quantitative estimate of drug-likeness (QED) is 0.218. The maximum atomic E-state index is 13.5. The zero-order valence-electron chi connectivity index (χ0n) is 17.8. The van der Waals surface area contributed by atoms with E-state index in [-0.39, 0.29) is 11.3 Å². The number of phenolic OH excluding ortho intramolecular Hbond substituents is 1. The molecule has 1 aromatic carbocycles. The summed E-state index contributed by atoms with van der Waals surface area (Å²) in [5, 5.41) is 57.4. The fourth-order valence-electron chi connectivity index (χ4n) is 5.76. The predicted molar refractivity (Wildman–Crippen MR) is 111 cm³/mol. The Morgan fingerprint density at radius 2 is 1.82 bits per heavy atom. The van der Waals surface area contributed by atoms with E-state index in [1.54, 1.807) is 6.92 Å². The molecule has 2 amide bonds. The van der Waals surface area contributed by atoms with Crippen LogP contribution in [0.4, 0.5) is 5.69 Å². The number of carbonyl (C=O) groups is 4. The Balaban J connectivity index is 1.90. The van der Waals surface area contributed by atoms with Crippen LogP contribution in [0.15, 0.2) is 23.5 Å². The number of nitrogens with one attached hydrogen (secondary N) is 1. The number of primary amides is 1. The molecule has 176 valence electrons. The maximum Gasteiger partial charge on any atom is 0.255 e. The van der Waals surface area contributed by atoms with Crippen LogP contribution in [0.2, 0.25) is 0 Å². The number of nitrogens with two attached hydrogens (primary N) is 1. The number of Topliss-reactive ketones (excluding diaryl/α,β-unsaturated/α-hetero) is 2. The average Bonchev–Trinajstić information content (AvgIpc) is 2.72. The van der Waals surface area contributed by atoms with Crippen molar-refractivity contribution in [1.29, 1.82) is 0 Å². The van der Waals surface area contributed by atoms with Gasteiger partial charge < -0.3 is 36.6 Å². The van der Waals surface area contributed by atoms with Crippen molar-refractivity contribution < 1.29 is 44.7 Å². The van der Waals surface area contributed by atoms with Gasteiger partial charge in [-0.3, -0.25) is 19.2 Å². The highest BCUT2D eigenvalue weighted by Crippen LogP contribution is 2.56. The minimum absolute atomic E-state index is 0.0373. The molecule has 1 saturated carbocycles. The van der Waals surface area contributed by atoms with Crippen LogP contribution in [-0.4, -0.2) is 66.7 Å². The van der Waals surface area contributed by atoms with Gasteiger partial charge in [-0.1, -0.05) is 13.0 Å². The number of fused-ring (bicyclic) bond motifs is 3. The fraction of sp³-hybridized carbons (Fsp3) is 0.455. The van der Waals surface area contributed by atoms with E-state index in [0.29, 0.717) is 5.56 Å². The van der Waals surface area contributed by atoms with E-state index in [2.05, 4.69) is 5.32 Å². The second-order valence-corrected chi connectivity index (χ2v) is 8.95. The van der Waals surface area contributed by atoms with E-state index in [1.807, 2.05) is 0 Å². The number of phenols is 1. The SMILES string of the molecule is CC(=O)Nc1ccc2c(c1O)C(=O)C1C([C@@H](O)C3CC(=O)C(C(N)=O)=C(O)C3(O)C1O)[C@@H]2C. The number of hydrogen-bond acceptors (Lipinski definition) is 9. The summed E-state index contributed by atoms with van der Waals surface area (Å²) in [5.41, 5.74) is 1.68. The van der Waals surface area contributed by atoms with Crippen molar-refractivity contribution in [3.05, 3.63) is 34.6 Å². The first kappa shape index (κ1) is 22.9. The minimum Gasteiger partial charge on any atom is -0.508 e. The van der Waals surface area contributed by atoms with Crippen LogP contribution in [0.1, 0.15) is 42.1 Å². The molecule has 4 rings (SSSR count). The first-order chi connectivity index (χ1) is 15.3. The third kappa shape index (κ3) is 2.93. The lowest BCUT2D eigenvalue weighted by Crippen LogP contribution is -2.69. The molecule has 3 aliphatic carbocycles. The predicted octanol–water partition coefficient (Wildman–Crippen LogP) is -0.764. The summed E-state index contributed by atoms with van der Waals surface area (Å²) >= 11 is 0. The summed E-state index contributed by atoms with van der Waals surface area (Å²) in [7, 11) is 0. The average molecular weight is 460 g/mol. The largest absolute Gasteiger partial charge is 0.508 e. The topological polar surface area (TPSA) is 207 Å². The molecule has 11 heteroatoms. The first-order valence-electron chi connectivity index (χ1n) is 10.4. The van der Waals surface area contributed by atoms with Gasteiger partial charge in [-0.25, -0.2) is 0 Å². The lowest BCUT2D eigenvalue weighted by atomic mass is 9.51. The Labute approximate surface area is 187 Å². The van der Waals surface area contributed by atoms with E-state index < -0.39 is 88.4 Å². The number of aromatic hydroxyl groups is 1. The van der Waals surface area contributed by atoms with Crippen molar-refractivity contribution in [3.63, 3.8) is 0 Å². The summed E-state index contributed by atoms with van der Waals surface area (Å²) in [5.74, 6) is -9.80. The Morgan fingerprint density at radius 3 is 2.39 bits per heavy atom. The molecule has 5 unspecified atom stereocenters. The third-order valence-electron chi connectivity index (χ3n) is 7.26. The lowest BCUT2D eigenvalue weighted by Gasteiger charge is -2.56. The van der Waals surface area contributed by atoms with Crippen LogP contribution < -0.4 is 11.1 Å². The Bertz CT molecular complexity index is 1140. The highest BCUT2D eigenvalue weighted by molar-refractivity contribution is 6.20. The van der Waals surface area contributed by atoms with Crippen molar-refractivity contribution in [2.75, 3.05) is 5.32 Å². The summed E-state index contributed by atoms with van der Waals surface area (Å²) in [4.78, 5) is 49.1. The molecule has 0 aromatic heterocycles. The number of rotatable bonds is 2. The van der Waals surface area contributed by atoms with Gasteiger partial charge in [0.2, 0.25) is 5.91 Å². The van der Waals surface area contributed by atoms with E-state index in [1.165, 1.54) is 19.1 Å². The zero-order chi connectivity index (χ0) is 24.6. The number of amides is 2. The lowest BCUT2D eigenvalue weighted by molar-refractivity contribution is -0.209. The number of carbonyl (C=O) groups excluding carboxylic acids is 4. The molecule has 11 nitrogen and oxygen atoms in total. The summed E-state index contributed by atoms with van der Waals surface area (Å²) in [6.07, 6.45) is -4.15. The van der Waals surface area contributed by atoms with Gasteiger partial charge >= 0.3 is 0 Å². The van der Waals surface area contributed by atoms with Gasteiger partial charge in [-0.05, 0) is 17.5 Å². The molecule has 1 aromatic rings. The number of aliphatic hydroxyl groups excluding tert-OH is 3. The van der Waals surface area contributed by atoms with Gasteiger partial charge in [-0.15, -0.1) is 0 Å². The van der Waals surface area contributed by atoms with E-state index in [9.17, 15) is 44.7 Å². The van der Waals surface area contributed by atoms with Crippen molar-refractivity contribution in [2.24, 2.45) is 23.5 Å². The highest BCUT2D eigenvalue weighted by Gasteiger charge is 2.67. The molecular formula is C22H24N2O9. The monoisotopic (exact) mass is 460 g/mol. The number of ketones is 2. The molecule has 1 fully saturated rings. The molecule has 8 N–H and O–H groups in total. The molecule has 33 heavy (non-hydrogen) atoms. The van der Waals surface area contributed by atoms with Gasteiger partial charge in [-0.2, -0.15) is 0 Å². The third-order valence-corrected chi connectivity index (χ3v) is 7.26. The van der Waals surface area contributed by atoms with Crippen LogP contribution in [0.5, 0.6) is 5.75 Å². The van der Waals surface area contributed by atoms with Crippen LogP contribution in [-0.2, 0) is 14.4 Å². The molecule has 0 radical (unpaired) electrons. The Hall–Kier alpha value is -3.28. The normalized spacial score (nSPS) is 35.4. The Morgan fingerprint density at radius 1 is 1.18 bits per heavy atom. The summed E-state index contributed by atoms with van der Waals surface area (Å²) in [6, 6.07) is 2.91. The standard InChI is InChI=1S/C22H24N2O9/c1-6-8-3-4-10(24-7(2)25)17(28)13(8)18(29)15-12(6)16(27)9-5-11(26)14(21(23)32)19(30)22(9,33)20(15)31/h3-4,6,9,12,15-16,20,27-28,30-31,33H,5H2,1-2H3,(H2,23,32)(H,24,25)/t6-,9?,12?,15?,16+,20?,22?/m1/s1. The molecule has 3 aliphatic rings. The smallest absolute Gasteiger partial charge is 0.255 e. The summed E-state index contributed by atoms with van der Waals surface area (Å²) in [6.45, 7) is 2.86. The van der Waals surface area contributed by atoms with Crippen molar-refractivity contribution in [3.8, 4) is 5.75 Å². The van der Waals surface area contributed by atoms with Crippen molar-refractivity contribution in [2.45, 2.75) is 44.0 Å². The van der Waals surface area contributed by atoms with Gasteiger partial charge in [0.1, 0.15) is 23.2 Å². The summed E-state index contributed by atoms with van der Waals surface area (Å²) < 4.78 is 0. The molecule has 0 saturated heterocycles. The first-order valence-corrected chi connectivity index (χ1v) is 10.4. The van der Waals surface area contributed by atoms with Crippen LogP contribution in [0, 0.1) is 17.8 Å². The van der Waals surface area contributed by atoms with Crippen LogP contribution >= 0.6 is 0 Å². The molecular weight excluding hydrogens is 436 g/mol. The minimum atomic E-state index is -2.70. The maximum absolute atomic E-state index is 13.5. The van der Waals surface area contributed by atoms with Crippen LogP contribution in [0.3, 0.4) is 0 Å². The van der Waals surface area contributed by atoms with Crippen LogP contribution in [0.25, 0.3) is 0 Å². The van der Waals surface area contributed by atoms with E-state index >= 15 is 0 Å². The fourth-order valence-corrected chi connectivity index (χ4v) is 5.76. The number of aliphatic hydroxyl groups is 4. The van der Waals surface area contributed by atoms with Gasteiger partial charge in [0.25, 0.3) is 5.91 Å². The second-order valence-electron chi connectivity index (χ2n) is 8.95. The zero-order valence-corrected chi connectivity index (χ0v) is 17.8. The molecule has 7 atom stereocenters. The molecule has 0 heterocycles. The number of hydrogen-bond donors (Lipinski definition) is 7. The Kier molecular flexibility index (Phi) is 5.11. The second kappa shape index (κ2) is 7.37.